The zero-order chi connectivity index (χ0) is 21.4. The Labute approximate surface area is 177 Å². The molecular weight excluding hydrogens is 412 g/mol. The normalized spacial score (nSPS) is 13.8. The van der Waals surface area contributed by atoms with E-state index in [9.17, 15) is 13.6 Å². The third kappa shape index (κ3) is 4.38. The zero-order valence-electron chi connectivity index (χ0n) is 16.7. The van der Waals surface area contributed by atoms with E-state index in [4.69, 9.17) is 11.6 Å². The number of nitrogens with one attached hydrogen (secondary N) is 1. The van der Waals surface area contributed by atoms with Crippen molar-refractivity contribution < 1.29 is 13.6 Å². The molecule has 0 atom stereocenters. The highest BCUT2D eigenvalue weighted by Gasteiger charge is 2.29. The average molecular weight is 434 g/mol. The Morgan fingerprint density at radius 2 is 1.90 bits per heavy atom. The Bertz CT molecular complexity index is 1070. The molecule has 0 radical (unpaired) electrons. The van der Waals surface area contributed by atoms with Gasteiger partial charge in [-0.05, 0) is 50.5 Å². The smallest absolute Gasteiger partial charge is 0.280 e. The van der Waals surface area contributed by atoms with Gasteiger partial charge in [0, 0.05) is 10.9 Å². The number of aryl methyl sites for hydroxylation is 1. The van der Waals surface area contributed by atoms with Crippen LogP contribution in [-0.4, -0.2) is 25.5 Å². The van der Waals surface area contributed by atoms with Crippen LogP contribution < -0.4 is 5.32 Å². The number of anilines is 1. The zero-order valence-corrected chi connectivity index (χ0v) is 17.5. The number of benzene rings is 1. The molecule has 1 aliphatic rings. The minimum atomic E-state index is -2.68. The van der Waals surface area contributed by atoms with Gasteiger partial charge >= 0.3 is 0 Å². The van der Waals surface area contributed by atoms with E-state index >= 15 is 0 Å². The average Bonchev–Trinajstić information content (AvgIpc) is 3.41. The lowest BCUT2D eigenvalue weighted by atomic mass is 10.2. The molecule has 0 spiro atoms. The lowest BCUT2D eigenvalue weighted by molar-refractivity contribution is -0.117. The summed E-state index contributed by atoms with van der Waals surface area (Å²) < 4.78 is 29.6. The minimum absolute atomic E-state index is 0.223. The van der Waals surface area contributed by atoms with Crippen LogP contribution in [0.3, 0.4) is 0 Å². The van der Waals surface area contributed by atoms with E-state index in [1.165, 1.54) is 6.07 Å². The first-order valence-corrected chi connectivity index (χ1v) is 10.1. The highest BCUT2D eigenvalue weighted by atomic mass is 35.5. The van der Waals surface area contributed by atoms with E-state index in [2.05, 4.69) is 15.5 Å². The molecule has 0 aliphatic heterocycles. The van der Waals surface area contributed by atoms with E-state index < -0.39 is 12.3 Å². The number of halogens is 3. The Morgan fingerprint density at radius 3 is 2.53 bits per heavy atom. The summed E-state index contributed by atoms with van der Waals surface area (Å²) in [6, 6.07) is 8.87. The second kappa shape index (κ2) is 8.18. The van der Waals surface area contributed by atoms with Gasteiger partial charge in [-0.1, -0.05) is 23.7 Å². The molecule has 158 valence electrons. The third-order valence-corrected chi connectivity index (χ3v) is 5.49. The van der Waals surface area contributed by atoms with Crippen molar-refractivity contribution in [2.45, 2.75) is 52.1 Å². The van der Waals surface area contributed by atoms with Gasteiger partial charge < -0.3 is 5.32 Å². The molecule has 0 bridgehead atoms. The van der Waals surface area contributed by atoms with Crippen LogP contribution in [0.2, 0.25) is 5.02 Å². The molecule has 1 amide bonds. The van der Waals surface area contributed by atoms with E-state index in [1.54, 1.807) is 11.6 Å². The van der Waals surface area contributed by atoms with Gasteiger partial charge in [-0.2, -0.15) is 10.2 Å². The maximum absolute atomic E-state index is 13.4. The van der Waals surface area contributed by atoms with Crippen LogP contribution in [0.15, 0.2) is 30.3 Å². The molecule has 6 nitrogen and oxygen atoms in total. The fourth-order valence-electron chi connectivity index (χ4n) is 3.44. The Hall–Kier alpha value is -2.74. The first-order valence-electron chi connectivity index (χ1n) is 9.76. The summed E-state index contributed by atoms with van der Waals surface area (Å²) in [5.74, 6) is -0.179. The van der Waals surface area contributed by atoms with Crippen molar-refractivity contribution in [2.75, 3.05) is 5.32 Å². The lowest BCUT2D eigenvalue weighted by Crippen LogP contribution is -2.21. The minimum Gasteiger partial charge on any atom is -0.321 e. The number of alkyl halides is 2. The first-order chi connectivity index (χ1) is 14.3. The SMILES string of the molecule is Cc1nn(Cc2ccc(Cl)cc2)c(C)c1NC(=O)Cn1nc(C2CC2)cc1C(F)F. The molecule has 0 unspecified atom stereocenters. The van der Waals surface area contributed by atoms with Crippen molar-refractivity contribution in [2.24, 2.45) is 0 Å². The molecule has 1 aromatic carbocycles. The van der Waals surface area contributed by atoms with Crippen molar-refractivity contribution in [1.29, 1.82) is 0 Å². The maximum Gasteiger partial charge on any atom is 0.280 e. The van der Waals surface area contributed by atoms with Crippen LogP contribution in [0.5, 0.6) is 0 Å². The predicted molar refractivity (Wildman–Crippen MR) is 110 cm³/mol. The van der Waals surface area contributed by atoms with Crippen molar-refractivity contribution in [3.8, 4) is 0 Å². The Kier molecular flexibility index (Phi) is 5.60. The van der Waals surface area contributed by atoms with Crippen molar-refractivity contribution in [3.05, 3.63) is 63.7 Å². The molecule has 1 saturated carbocycles. The monoisotopic (exact) mass is 433 g/mol. The molecule has 1 N–H and O–H groups in total. The van der Waals surface area contributed by atoms with Crippen LogP contribution in [0.4, 0.5) is 14.5 Å². The topological polar surface area (TPSA) is 64.7 Å². The van der Waals surface area contributed by atoms with Gasteiger partial charge in [0.1, 0.15) is 12.2 Å². The molecule has 1 aliphatic carbocycles. The summed E-state index contributed by atoms with van der Waals surface area (Å²) in [6.45, 7) is 3.91. The molecule has 30 heavy (non-hydrogen) atoms. The summed E-state index contributed by atoms with van der Waals surface area (Å²) >= 11 is 5.93. The molecule has 2 heterocycles. The van der Waals surface area contributed by atoms with Crippen LogP contribution >= 0.6 is 11.6 Å². The number of nitrogens with zero attached hydrogens (tertiary/aromatic N) is 4. The fraction of sp³-hybridized carbons (Fsp3) is 0.381. The van der Waals surface area contributed by atoms with Crippen LogP contribution in [-0.2, 0) is 17.9 Å². The number of carbonyl (C=O) groups excluding carboxylic acids is 1. The predicted octanol–water partition coefficient (Wildman–Crippen LogP) is 4.85. The quantitative estimate of drug-likeness (QED) is 0.579. The lowest BCUT2D eigenvalue weighted by Gasteiger charge is -2.09. The fourth-order valence-corrected chi connectivity index (χ4v) is 3.57. The van der Waals surface area contributed by atoms with E-state index in [-0.39, 0.29) is 18.2 Å². The molecule has 4 rings (SSSR count). The van der Waals surface area contributed by atoms with E-state index in [0.717, 1.165) is 28.8 Å². The van der Waals surface area contributed by atoms with Crippen LogP contribution in [0.1, 0.15) is 53.5 Å². The van der Waals surface area contributed by atoms with Gasteiger partial charge in [-0.15, -0.1) is 0 Å². The molecule has 2 aromatic heterocycles. The standard InChI is InChI=1S/C21H22ClF2N5O/c1-12-20(13(2)28(26-12)10-14-3-7-16(22)8-4-14)25-19(30)11-29-18(21(23)24)9-17(27-29)15-5-6-15/h3-4,7-9,15,21H,5-6,10-11H2,1-2H3,(H,25,30). The summed E-state index contributed by atoms with van der Waals surface area (Å²) in [4.78, 5) is 12.6. The summed E-state index contributed by atoms with van der Waals surface area (Å²) in [6.07, 6.45) is -0.767. The van der Waals surface area contributed by atoms with Crippen LogP contribution in [0.25, 0.3) is 0 Å². The summed E-state index contributed by atoms with van der Waals surface area (Å²) in [5, 5.41) is 12.2. The maximum atomic E-state index is 13.4. The summed E-state index contributed by atoms with van der Waals surface area (Å²) in [5.41, 5.74) is 3.46. The highest BCUT2D eigenvalue weighted by molar-refractivity contribution is 6.30. The van der Waals surface area contributed by atoms with Gasteiger partial charge in [0.05, 0.1) is 29.3 Å². The Balaban J connectivity index is 1.48. The number of amides is 1. The van der Waals surface area contributed by atoms with Gasteiger partial charge in [0.2, 0.25) is 5.91 Å². The van der Waals surface area contributed by atoms with Gasteiger partial charge in [-0.25, -0.2) is 8.78 Å². The Morgan fingerprint density at radius 1 is 1.20 bits per heavy atom. The number of rotatable bonds is 7. The van der Waals surface area contributed by atoms with Crippen molar-refractivity contribution in [1.82, 2.24) is 19.6 Å². The third-order valence-electron chi connectivity index (χ3n) is 5.23. The molecule has 1 fully saturated rings. The summed E-state index contributed by atoms with van der Waals surface area (Å²) in [7, 11) is 0. The number of hydrogen-bond acceptors (Lipinski definition) is 3. The second-order valence-electron chi connectivity index (χ2n) is 7.60. The highest BCUT2D eigenvalue weighted by Crippen LogP contribution is 2.40. The van der Waals surface area contributed by atoms with Gasteiger partial charge in [-0.3, -0.25) is 14.2 Å². The van der Waals surface area contributed by atoms with Gasteiger partial charge in [0.15, 0.2) is 0 Å². The number of carbonyl (C=O) groups is 1. The second-order valence-corrected chi connectivity index (χ2v) is 8.04. The molecular formula is C21H22ClF2N5O. The van der Waals surface area contributed by atoms with E-state index in [0.29, 0.717) is 28.6 Å². The first kappa shape index (κ1) is 20.5. The molecule has 0 saturated heterocycles. The van der Waals surface area contributed by atoms with Crippen molar-refractivity contribution in [3.63, 3.8) is 0 Å². The van der Waals surface area contributed by atoms with Crippen LogP contribution in [0, 0.1) is 13.8 Å². The number of aromatic nitrogens is 4. The van der Waals surface area contributed by atoms with E-state index in [1.807, 2.05) is 31.2 Å². The molecule has 3 aromatic rings. The number of hydrogen-bond donors (Lipinski definition) is 1. The van der Waals surface area contributed by atoms with Crippen molar-refractivity contribution >= 4 is 23.2 Å². The molecule has 9 heteroatoms. The largest absolute Gasteiger partial charge is 0.321 e. The van der Waals surface area contributed by atoms with Gasteiger partial charge in [0.25, 0.3) is 6.43 Å².